The number of amides is 1. The van der Waals surface area contributed by atoms with Gasteiger partial charge in [-0.25, -0.2) is 0 Å². The highest BCUT2D eigenvalue weighted by molar-refractivity contribution is 5.99. The number of nitrogens with zero attached hydrogens (tertiary/aromatic N) is 2. The van der Waals surface area contributed by atoms with Gasteiger partial charge in [-0.2, -0.15) is 0 Å². The Morgan fingerprint density at radius 3 is 2.26 bits per heavy atom. The lowest BCUT2D eigenvalue weighted by atomic mass is 10.1. The van der Waals surface area contributed by atoms with E-state index in [1.54, 1.807) is 30.3 Å². The Balaban J connectivity index is 2.34. The number of carboxylic acids is 1. The van der Waals surface area contributed by atoms with Gasteiger partial charge in [0.25, 0.3) is 11.6 Å². The minimum Gasteiger partial charge on any atom is -0.480 e. The molecule has 0 fully saturated rings. The molecule has 7 nitrogen and oxygen atoms in total. The van der Waals surface area contributed by atoms with Crippen LogP contribution in [0.2, 0.25) is 0 Å². The summed E-state index contributed by atoms with van der Waals surface area (Å²) in [5.41, 5.74) is 0.260. The molecule has 0 atom stereocenters. The summed E-state index contributed by atoms with van der Waals surface area (Å²) in [6.45, 7) is -0.488. The summed E-state index contributed by atoms with van der Waals surface area (Å²) in [5, 5.41) is 20.1. The predicted octanol–water partition coefficient (Wildman–Crippen LogP) is 2.32. The second kappa shape index (κ2) is 7.17. The number of nitro benzene ring substituents is 1. The van der Waals surface area contributed by atoms with Gasteiger partial charge in [0.2, 0.25) is 0 Å². The zero-order chi connectivity index (χ0) is 16.8. The molecule has 1 N–H and O–H groups in total. The van der Waals surface area contributed by atoms with E-state index in [2.05, 4.69) is 0 Å². The summed E-state index contributed by atoms with van der Waals surface area (Å²) in [6.07, 6.45) is 0. The van der Waals surface area contributed by atoms with Crippen LogP contribution in [0, 0.1) is 10.1 Å². The van der Waals surface area contributed by atoms with Crippen LogP contribution in [0.3, 0.4) is 0 Å². The summed E-state index contributed by atoms with van der Waals surface area (Å²) >= 11 is 0. The fourth-order valence-corrected chi connectivity index (χ4v) is 2.15. The monoisotopic (exact) mass is 314 g/mol. The van der Waals surface area contributed by atoms with Crippen molar-refractivity contribution in [3.63, 3.8) is 0 Å². The molecule has 2 aromatic rings. The van der Waals surface area contributed by atoms with Crippen LogP contribution < -0.4 is 0 Å². The van der Waals surface area contributed by atoms with E-state index in [0.717, 1.165) is 10.5 Å². The molecule has 0 unspecified atom stereocenters. The van der Waals surface area contributed by atoms with E-state index in [1.165, 1.54) is 24.3 Å². The number of para-hydroxylation sites is 1. The van der Waals surface area contributed by atoms with E-state index >= 15 is 0 Å². The van der Waals surface area contributed by atoms with Crippen molar-refractivity contribution in [1.29, 1.82) is 0 Å². The maximum absolute atomic E-state index is 12.6. The third-order valence-electron chi connectivity index (χ3n) is 3.16. The lowest BCUT2D eigenvalue weighted by Crippen LogP contribution is -2.35. The van der Waals surface area contributed by atoms with Crippen LogP contribution in [0.25, 0.3) is 0 Å². The van der Waals surface area contributed by atoms with Crippen molar-refractivity contribution in [2.45, 2.75) is 6.54 Å². The van der Waals surface area contributed by atoms with Gasteiger partial charge < -0.3 is 10.0 Å². The van der Waals surface area contributed by atoms with Crippen LogP contribution in [0.1, 0.15) is 15.9 Å². The normalized spacial score (nSPS) is 10.1. The van der Waals surface area contributed by atoms with Crippen molar-refractivity contribution in [3.05, 3.63) is 75.8 Å². The maximum Gasteiger partial charge on any atom is 0.323 e. The van der Waals surface area contributed by atoms with Gasteiger partial charge in [-0.15, -0.1) is 0 Å². The number of benzene rings is 2. The molecule has 0 aliphatic carbocycles. The Morgan fingerprint density at radius 2 is 1.65 bits per heavy atom. The van der Waals surface area contributed by atoms with Crippen LogP contribution in [-0.4, -0.2) is 33.4 Å². The molecule has 2 rings (SSSR count). The van der Waals surface area contributed by atoms with Crippen molar-refractivity contribution in [1.82, 2.24) is 4.90 Å². The van der Waals surface area contributed by atoms with Gasteiger partial charge in [0.05, 0.1) is 4.92 Å². The van der Waals surface area contributed by atoms with Crippen molar-refractivity contribution >= 4 is 17.6 Å². The van der Waals surface area contributed by atoms with Gasteiger partial charge in [-0.05, 0) is 11.6 Å². The molecule has 118 valence electrons. The fraction of sp³-hybridized carbons (Fsp3) is 0.125. The molecule has 0 heterocycles. The zero-order valence-corrected chi connectivity index (χ0v) is 12.1. The first-order valence-corrected chi connectivity index (χ1v) is 6.77. The van der Waals surface area contributed by atoms with E-state index in [9.17, 15) is 19.7 Å². The van der Waals surface area contributed by atoms with Gasteiger partial charge in [0, 0.05) is 12.6 Å². The van der Waals surface area contributed by atoms with E-state index in [1.807, 2.05) is 0 Å². The number of aliphatic carboxylic acids is 1. The Morgan fingerprint density at radius 1 is 1.04 bits per heavy atom. The lowest BCUT2D eigenvalue weighted by molar-refractivity contribution is -0.385. The van der Waals surface area contributed by atoms with Gasteiger partial charge >= 0.3 is 5.97 Å². The molecular formula is C16H14N2O5. The highest BCUT2D eigenvalue weighted by Crippen LogP contribution is 2.20. The van der Waals surface area contributed by atoms with Gasteiger partial charge in [0.1, 0.15) is 12.1 Å². The van der Waals surface area contributed by atoms with Crippen LogP contribution in [0.5, 0.6) is 0 Å². The molecule has 2 aromatic carbocycles. The SMILES string of the molecule is O=C(O)CN(Cc1ccccc1)C(=O)c1ccccc1[N+](=O)[O-]. The number of carboxylic acid groups (broad SMARTS) is 1. The van der Waals surface area contributed by atoms with Crippen molar-refractivity contribution in [2.75, 3.05) is 6.54 Å². The van der Waals surface area contributed by atoms with Crippen molar-refractivity contribution < 1.29 is 19.6 Å². The lowest BCUT2D eigenvalue weighted by Gasteiger charge is -2.20. The minimum atomic E-state index is -1.19. The molecule has 0 aromatic heterocycles. The van der Waals surface area contributed by atoms with Gasteiger partial charge in [-0.1, -0.05) is 42.5 Å². The molecule has 0 radical (unpaired) electrons. The highest BCUT2D eigenvalue weighted by Gasteiger charge is 2.25. The summed E-state index contributed by atoms with van der Waals surface area (Å²) in [4.78, 5) is 35.1. The highest BCUT2D eigenvalue weighted by atomic mass is 16.6. The third kappa shape index (κ3) is 4.13. The number of hydrogen-bond donors (Lipinski definition) is 1. The summed E-state index contributed by atoms with van der Waals surface area (Å²) in [6, 6.07) is 14.3. The fourth-order valence-electron chi connectivity index (χ4n) is 2.15. The molecule has 0 saturated heterocycles. The predicted molar refractivity (Wildman–Crippen MR) is 81.9 cm³/mol. The Kier molecular flexibility index (Phi) is 5.03. The van der Waals surface area contributed by atoms with E-state index in [0.29, 0.717) is 0 Å². The Hall–Kier alpha value is -3.22. The molecule has 1 amide bonds. The average Bonchev–Trinajstić information content (AvgIpc) is 2.54. The number of rotatable bonds is 6. The standard InChI is InChI=1S/C16H14N2O5/c19-15(20)11-17(10-12-6-2-1-3-7-12)16(21)13-8-4-5-9-14(13)18(22)23/h1-9H,10-11H2,(H,19,20). The van der Waals surface area contributed by atoms with Crippen molar-refractivity contribution in [3.8, 4) is 0 Å². The Labute approximate surface area is 131 Å². The second-order valence-corrected chi connectivity index (χ2v) is 4.81. The van der Waals surface area contributed by atoms with Crippen molar-refractivity contribution in [2.24, 2.45) is 0 Å². The third-order valence-corrected chi connectivity index (χ3v) is 3.16. The maximum atomic E-state index is 12.6. The smallest absolute Gasteiger partial charge is 0.323 e. The summed E-state index contributed by atoms with van der Waals surface area (Å²) in [7, 11) is 0. The number of carbonyl (C=O) groups is 2. The van der Waals surface area contributed by atoms with Crippen LogP contribution in [0.15, 0.2) is 54.6 Å². The van der Waals surface area contributed by atoms with E-state index < -0.39 is 23.3 Å². The van der Waals surface area contributed by atoms with Crippen LogP contribution >= 0.6 is 0 Å². The quantitative estimate of drug-likeness (QED) is 0.651. The first-order chi connectivity index (χ1) is 11.0. The molecule has 0 saturated carbocycles. The summed E-state index contributed by atoms with van der Waals surface area (Å²) in [5.74, 6) is -1.88. The average molecular weight is 314 g/mol. The van der Waals surface area contributed by atoms with Crippen LogP contribution in [0.4, 0.5) is 5.69 Å². The first kappa shape index (κ1) is 16.2. The molecule has 0 aliphatic heterocycles. The Bertz CT molecular complexity index is 730. The molecule has 7 heteroatoms. The van der Waals surface area contributed by atoms with Gasteiger partial charge in [0.15, 0.2) is 0 Å². The summed E-state index contributed by atoms with van der Waals surface area (Å²) < 4.78 is 0. The minimum absolute atomic E-state index is 0.0536. The zero-order valence-electron chi connectivity index (χ0n) is 12.1. The van der Waals surface area contributed by atoms with Gasteiger partial charge in [-0.3, -0.25) is 19.7 Å². The molecule has 0 spiro atoms. The second-order valence-electron chi connectivity index (χ2n) is 4.81. The largest absolute Gasteiger partial charge is 0.480 e. The first-order valence-electron chi connectivity index (χ1n) is 6.77. The number of hydrogen-bond acceptors (Lipinski definition) is 4. The van der Waals surface area contributed by atoms with E-state index in [4.69, 9.17) is 5.11 Å². The molecular weight excluding hydrogens is 300 g/mol. The number of nitro groups is 1. The topological polar surface area (TPSA) is 101 Å². The molecule has 0 aliphatic rings. The number of carbonyl (C=O) groups excluding carboxylic acids is 1. The van der Waals surface area contributed by atoms with E-state index in [-0.39, 0.29) is 17.8 Å². The molecule has 23 heavy (non-hydrogen) atoms. The molecule has 0 bridgehead atoms. The van der Waals surface area contributed by atoms with Crippen LogP contribution in [-0.2, 0) is 11.3 Å².